The first kappa shape index (κ1) is 19.0. The van der Waals surface area contributed by atoms with Crippen LogP contribution in [0.3, 0.4) is 0 Å². The van der Waals surface area contributed by atoms with E-state index in [-0.39, 0.29) is 11.9 Å². The zero-order valence-corrected chi connectivity index (χ0v) is 18.0. The number of carbonyl (C=O) groups excluding carboxylic acids is 1. The molecule has 2 rings (SSSR count). The molecule has 1 aliphatic heterocycles. The van der Waals surface area contributed by atoms with Crippen molar-refractivity contribution >= 4 is 59.8 Å². The largest absolute Gasteiger partial charge is 0.494 e. The van der Waals surface area contributed by atoms with E-state index < -0.39 is 0 Å². The van der Waals surface area contributed by atoms with Gasteiger partial charge in [0.15, 0.2) is 0 Å². The van der Waals surface area contributed by atoms with Crippen LogP contribution in [0.25, 0.3) is 6.08 Å². The summed E-state index contributed by atoms with van der Waals surface area (Å²) in [5.74, 6) is 0.843. The van der Waals surface area contributed by atoms with Gasteiger partial charge in [-0.2, -0.15) is 0 Å². The fourth-order valence-corrected chi connectivity index (χ4v) is 5.35. The molecular weight excluding hydrogens is 492 g/mol. The summed E-state index contributed by atoms with van der Waals surface area (Å²) in [6.07, 6.45) is 5.70. The van der Waals surface area contributed by atoms with E-state index in [1.807, 2.05) is 19.2 Å². The Balaban J connectivity index is 2.21. The Morgan fingerprint density at radius 2 is 2.09 bits per heavy atom. The summed E-state index contributed by atoms with van der Waals surface area (Å²) >= 11 is 10.6. The first-order chi connectivity index (χ1) is 10.9. The predicted molar refractivity (Wildman–Crippen MR) is 104 cm³/mol. The van der Waals surface area contributed by atoms with Gasteiger partial charge < -0.3 is 9.64 Å². The number of nitrogens with zero attached hydrogens (tertiary/aromatic N) is 2. The molecule has 1 aromatic rings. The first-order valence-electron chi connectivity index (χ1n) is 7.23. The lowest BCUT2D eigenvalue weighted by Gasteiger charge is -2.22. The molecule has 0 aromatic heterocycles. The second-order valence-corrected chi connectivity index (χ2v) is 8.01. The van der Waals surface area contributed by atoms with Crippen LogP contribution in [0.15, 0.2) is 25.7 Å². The molecule has 1 fully saturated rings. The molecule has 1 saturated heterocycles. The number of benzene rings is 1. The smallest absolute Gasteiger partial charge is 0.243 e. The quantitative estimate of drug-likeness (QED) is 0.597. The van der Waals surface area contributed by atoms with E-state index in [4.69, 9.17) is 4.74 Å². The molecule has 0 saturated carbocycles. The maximum absolute atomic E-state index is 12.5. The van der Waals surface area contributed by atoms with Gasteiger partial charge in [0.05, 0.1) is 22.1 Å². The van der Waals surface area contributed by atoms with E-state index >= 15 is 0 Å². The maximum atomic E-state index is 12.5. The van der Waals surface area contributed by atoms with E-state index in [0.29, 0.717) is 0 Å². The van der Waals surface area contributed by atoms with Crippen LogP contribution in [0.4, 0.5) is 0 Å². The Kier molecular flexibility index (Phi) is 6.71. The van der Waals surface area contributed by atoms with Crippen molar-refractivity contribution in [3.63, 3.8) is 0 Å². The molecule has 1 atom stereocenters. The SMILES string of the molecule is COc1c(Br)cc(Br)c(/C=C/N(C)C(=O)[C@@H]2CCCN2C)c1Br. The van der Waals surface area contributed by atoms with Gasteiger partial charge in [-0.1, -0.05) is 15.9 Å². The van der Waals surface area contributed by atoms with Crippen LogP contribution in [0.1, 0.15) is 18.4 Å². The molecule has 0 unspecified atom stereocenters. The van der Waals surface area contributed by atoms with Crippen LogP contribution in [-0.4, -0.2) is 49.5 Å². The number of likely N-dealkylation sites (tertiary alicyclic amines) is 1. The highest BCUT2D eigenvalue weighted by atomic mass is 79.9. The summed E-state index contributed by atoms with van der Waals surface area (Å²) in [7, 11) is 5.42. The molecule has 126 valence electrons. The molecule has 4 nitrogen and oxygen atoms in total. The van der Waals surface area contributed by atoms with Crippen molar-refractivity contribution in [2.24, 2.45) is 0 Å². The average Bonchev–Trinajstić information content (AvgIpc) is 2.92. The second-order valence-electron chi connectivity index (χ2n) is 5.50. The highest BCUT2D eigenvalue weighted by molar-refractivity contribution is 9.11. The van der Waals surface area contributed by atoms with E-state index in [9.17, 15) is 4.79 Å². The lowest BCUT2D eigenvalue weighted by Crippen LogP contribution is -2.40. The number of halogens is 3. The summed E-state index contributed by atoms with van der Waals surface area (Å²) in [5, 5.41) is 0. The Hall–Kier alpha value is -0.370. The van der Waals surface area contributed by atoms with Crippen molar-refractivity contribution in [2.45, 2.75) is 18.9 Å². The molecule has 1 amide bonds. The van der Waals surface area contributed by atoms with Crippen LogP contribution in [0.5, 0.6) is 5.75 Å². The number of methoxy groups -OCH3 is 1. The molecule has 7 heteroatoms. The van der Waals surface area contributed by atoms with E-state index in [0.717, 1.165) is 44.1 Å². The van der Waals surface area contributed by atoms with Gasteiger partial charge in [0.1, 0.15) is 5.75 Å². The van der Waals surface area contributed by atoms with Gasteiger partial charge in [0.25, 0.3) is 0 Å². The van der Waals surface area contributed by atoms with Crippen LogP contribution in [0.2, 0.25) is 0 Å². The fourth-order valence-electron chi connectivity index (χ4n) is 2.64. The molecule has 0 bridgehead atoms. The summed E-state index contributed by atoms with van der Waals surface area (Å²) in [4.78, 5) is 16.3. The Bertz CT molecular complexity index is 634. The molecule has 1 aromatic carbocycles. The van der Waals surface area contributed by atoms with E-state index in [1.54, 1.807) is 25.3 Å². The third-order valence-electron chi connectivity index (χ3n) is 3.99. The summed E-state index contributed by atoms with van der Waals surface area (Å²) in [5.41, 5.74) is 0.921. The number of hydrogen-bond acceptors (Lipinski definition) is 3. The number of ether oxygens (including phenoxy) is 1. The minimum absolute atomic E-state index is 0.0176. The van der Waals surface area contributed by atoms with Crippen LogP contribution < -0.4 is 4.74 Å². The number of hydrogen-bond donors (Lipinski definition) is 0. The molecule has 0 radical (unpaired) electrons. The Morgan fingerprint density at radius 1 is 1.39 bits per heavy atom. The van der Waals surface area contributed by atoms with Crippen LogP contribution >= 0.6 is 47.8 Å². The Labute approximate surface area is 162 Å². The van der Waals surface area contributed by atoms with Crippen LogP contribution in [0, 0.1) is 0 Å². The topological polar surface area (TPSA) is 32.8 Å². The van der Waals surface area contributed by atoms with Crippen LogP contribution in [-0.2, 0) is 4.79 Å². The highest BCUT2D eigenvalue weighted by Crippen LogP contribution is 2.40. The van der Waals surface area contributed by atoms with Gasteiger partial charge >= 0.3 is 0 Å². The summed E-state index contributed by atoms with van der Waals surface area (Å²) in [6, 6.07) is 1.91. The third kappa shape index (κ3) is 4.18. The van der Waals surface area contributed by atoms with Crippen molar-refractivity contribution in [1.82, 2.24) is 9.80 Å². The van der Waals surface area contributed by atoms with Gasteiger partial charge in [0, 0.05) is 23.3 Å². The second kappa shape index (κ2) is 8.14. The van der Waals surface area contributed by atoms with Gasteiger partial charge in [-0.15, -0.1) is 0 Å². The van der Waals surface area contributed by atoms with Crippen molar-refractivity contribution in [1.29, 1.82) is 0 Å². The standard InChI is InChI=1S/C16H19Br3N2O2/c1-20-7-4-5-13(20)16(22)21(2)8-6-10-11(17)9-12(18)15(23-3)14(10)19/h6,8-9,13H,4-5,7H2,1-3H3/b8-6+/t13-/m0/s1. The molecule has 0 spiro atoms. The lowest BCUT2D eigenvalue weighted by molar-refractivity contribution is -0.131. The number of amides is 1. The molecule has 0 N–H and O–H groups in total. The zero-order chi connectivity index (χ0) is 17.1. The van der Waals surface area contributed by atoms with Crippen molar-refractivity contribution in [3.05, 3.63) is 31.2 Å². The number of rotatable bonds is 4. The predicted octanol–water partition coefficient (Wildman–Crippen LogP) is 4.51. The van der Waals surface area contributed by atoms with Gasteiger partial charge in [-0.3, -0.25) is 9.69 Å². The van der Waals surface area contributed by atoms with Gasteiger partial charge in [-0.05, 0) is 70.4 Å². The van der Waals surface area contributed by atoms with Crippen molar-refractivity contribution in [3.8, 4) is 5.75 Å². The summed E-state index contributed by atoms with van der Waals surface area (Å²) < 4.78 is 7.98. The summed E-state index contributed by atoms with van der Waals surface area (Å²) in [6.45, 7) is 0.981. The zero-order valence-electron chi connectivity index (χ0n) is 13.3. The minimum Gasteiger partial charge on any atom is -0.494 e. The van der Waals surface area contributed by atoms with E-state index in [2.05, 4.69) is 52.7 Å². The fraction of sp³-hybridized carbons (Fsp3) is 0.438. The van der Waals surface area contributed by atoms with E-state index in [1.165, 1.54) is 0 Å². The molecule has 1 aliphatic rings. The molecule has 0 aliphatic carbocycles. The normalized spacial score (nSPS) is 18.6. The van der Waals surface area contributed by atoms with Crippen molar-refractivity contribution in [2.75, 3.05) is 27.7 Å². The molecule has 1 heterocycles. The number of likely N-dealkylation sites (N-methyl/N-ethyl adjacent to an activating group) is 2. The maximum Gasteiger partial charge on any atom is 0.243 e. The average molecular weight is 511 g/mol. The van der Waals surface area contributed by atoms with Gasteiger partial charge in [-0.25, -0.2) is 0 Å². The first-order valence-corrected chi connectivity index (χ1v) is 9.61. The third-order valence-corrected chi connectivity index (χ3v) is 6.02. The molecule has 23 heavy (non-hydrogen) atoms. The number of carbonyl (C=O) groups is 1. The Morgan fingerprint density at radius 3 is 2.65 bits per heavy atom. The lowest BCUT2D eigenvalue weighted by atomic mass is 10.2. The van der Waals surface area contributed by atoms with Gasteiger partial charge in [0.2, 0.25) is 5.91 Å². The van der Waals surface area contributed by atoms with Crippen molar-refractivity contribution < 1.29 is 9.53 Å². The molecular formula is C16H19Br3N2O2. The monoisotopic (exact) mass is 508 g/mol. The minimum atomic E-state index is -0.0176. The highest BCUT2D eigenvalue weighted by Gasteiger charge is 2.29.